The molecule has 1 fully saturated rings. The minimum atomic E-state index is -0.558. The van der Waals surface area contributed by atoms with Crippen molar-refractivity contribution in [3.8, 4) is 11.8 Å². The van der Waals surface area contributed by atoms with Crippen LogP contribution in [0.25, 0.3) is 0 Å². The van der Waals surface area contributed by atoms with Crippen LogP contribution >= 0.6 is 0 Å². The van der Waals surface area contributed by atoms with E-state index < -0.39 is 6.04 Å². The summed E-state index contributed by atoms with van der Waals surface area (Å²) in [6.07, 6.45) is 2.04. The zero-order valence-electron chi connectivity index (χ0n) is 12.0. The molecule has 21 heavy (non-hydrogen) atoms. The molecule has 0 aliphatic heterocycles. The van der Waals surface area contributed by atoms with Gasteiger partial charge in [-0.1, -0.05) is 17.9 Å². The first kappa shape index (κ1) is 15.1. The fourth-order valence-electron chi connectivity index (χ4n) is 1.79. The Balaban J connectivity index is 1.97. The number of carbonyl (C=O) groups is 2. The van der Waals surface area contributed by atoms with Crippen molar-refractivity contribution in [2.45, 2.75) is 31.8 Å². The molecule has 1 saturated carbocycles. The summed E-state index contributed by atoms with van der Waals surface area (Å²) in [7, 11) is 0. The Labute approximate surface area is 124 Å². The van der Waals surface area contributed by atoms with Gasteiger partial charge in [-0.15, -0.1) is 0 Å². The molecule has 2 rings (SSSR count). The summed E-state index contributed by atoms with van der Waals surface area (Å²) in [5, 5.41) is 5.55. The first-order valence-corrected chi connectivity index (χ1v) is 7.00. The Morgan fingerprint density at radius 1 is 1.43 bits per heavy atom. The predicted octanol–water partition coefficient (Wildman–Crippen LogP) is 0.394. The smallest absolute Gasteiger partial charge is 0.251 e. The number of rotatable bonds is 4. The van der Waals surface area contributed by atoms with Gasteiger partial charge >= 0.3 is 0 Å². The molecule has 0 saturated heterocycles. The van der Waals surface area contributed by atoms with Crippen LogP contribution in [-0.2, 0) is 4.79 Å². The quantitative estimate of drug-likeness (QED) is 0.700. The molecular formula is C16H19N3O2. The molecule has 110 valence electrons. The van der Waals surface area contributed by atoms with Gasteiger partial charge in [0, 0.05) is 17.2 Å². The van der Waals surface area contributed by atoms with E-state index in [0.717, 1.165) is 18.4 Å². The lowest BCUT2D eigenvalue weighted by molar-refractivity contribution is -0.122. The third kappa shape index (κ3) is 4.62. The highest BCUT2D eigenvalue weighted by Gasteiger charge is 2.26. The van der Waals surface area contributed by atoms with Crippen LogP contribution in [0.4, 0.5) is 0 Å². The molecule has 1 aromatic carbocycles. The fraction of sp³-hybridized carbons (Fsp3) is 0.375. The van der Waals surface area contributed by atoms with Crippen LogP contribution in [0.1, 0.15) is 35.7 Å². The van der Waals surface area contributed by atoms with E-state index >= 15 is 0 Å². The first-order chi connectivity index (χ1) is 10.1. The highest BCUT2D eigenvalue weighted by Crippen LogP contribution is 2.18. The van der Waals surface area contributed by atoms with E-state index in [0.29, 0.717) is 5.56 Å². The molecule has 5 nitrogen and oxygen atoms in total. The van der Waals surface area contributed by atoms with Crippen molar-refractivity contribution in [2.75, 3.05) is 6.54 Å². The average molecular weight is 285 g/mol. The Kier molecular flexibility index (Phi) is 4.96. The van der Waals surface area contributed by atoms with E-state index in [4.69, 9.17) is 5.73 Å². The number of amides is 2. The summed E-state index contributed by atoms with van der Waals surface area (Å²) < 4.78 is 0. The number of benzene rings is 1. The van der Waals surface area contributed by atoms with Crippen molar-refractivity contribution in [1.82, 2.24) is 10.6 Å². The van der Waals surface area contributed by atoms with Crippen LogP contribution < -0.4 is 16.4 Å². The van der Waals surface area contributed by atoms with Gasteiger partial charge in [-0.25, -0.2) is 0 Å². The molecule has 5 heteroatoms. The molecule has 0 radical (unpaired) electrons. The molecule has 0 heterocycles. The topological polar surface area (TPSA) is 84.2 Å². The maximum absolute atomic E-state index is 12.1. The second-order valence-electron chi connectivity index (χ2n) is 5.06. The number of nitrogens with one attached hydrogen (secondary N) is 2. The van der Waals surface area contributed by atoms with E-state index in [1.165, 1.54) is 0 Å². The summed E-state index contributed by atoms with van der Waals surface area (Å²) in [4.78, 5) is 23.9. The van der Waals surface area contributed by atoms with Crippen LogP contribution in [0, 0.1) is 11.8 Å². The normalized spacial score (nSPS) is 14.6. The molecular weight excluding hydrogens is 266 g/mol. The largest absolute Gasteiger partial charge is 0.352 e. The third-order valence-corrected chi connectivity index (χ3v) is 3.12. The van der Waals surface area contributed by atoms with Crippen molar-refractivity contribution in [3.05, 3.63) is 35.4 Å². The molecule has 0 aromatic heterocycles. The van der Waals surface area contributed by atoms with E-state index in [9.17, 15) is 9.59 Å². The molecule has 1 atom stereocenters. The Morgan fingerprint density at radius 3 is 2.86 bits per heavy atom. The van der Waals surface area contributed by atoms with E-state index in [1.54, 1.807) is 25.1 Å². The molecule has 1 aromatic rings. The van der Waals surface area contributed by atoms with Gasteiger partial charge < -0.3 is 16.4 Å². The van der Waals surface area contributed by atoms with E-state index in [-0.39, 0.29) is 24.4 Å². The van der Waals surface area contributed by atoms with Gasteiger partial charge in [-0.05, 0) is 38.0 Å². The van der Waals surface area contributed by atoms with Crippen molar-refractivity contribution in [3.63, 3.8) is 0 Å². The van der Waals surface area contributed by atoms with Crippen LogP contribution in [0.2, 0.25) is 0 Å². The van der Waals surface area contributed by atoms with Gasteiger partial charge in [-0.3, -0.25) is 9.59 Å². The minimum absolute atomic E-state index is 0.148. The number of carbonyl (C=O) groups excluding carboxylic acids is 2. The lowest BCUT2D eigenvalue weighted by Crippen LogP contribution is -2.45. The monoisotopic (exact) mass is 285 g/mol. The zero-order chi connectivity index (χ0) is 15.2. The number of nitrogens with two attached hydrogens (primary N) is 1. The van der Waals surface area contributed by atoms with Crippen molar-refractivity contribution in [1.29, 1.82) is 0 Å². The Hall–Kier alpha value is -2.32. The molecule has 1 aliphatic rings. The second kappa shape index (κ2) is 6.91. The van der Waals surface area contributed by atoms with Crippen LogP contribution in [-0.4, -0.2) is 30.4 Å². The summed E-state index contributed by atoms with van der Waals surface area (Å²) in [5.74, 6) is 5.18. The average Bonchev–Trinajstić information content (AvgIpc) is 3.29. The maximum atomic E-state index is 12.1. The van der Waals surface area contributed by atoms with Crippen LogP contribution in [0.5, 0.6) is 0 Å². The maximum Gasteiger partial charge on any atom is 0.251 e. The van der Waals surface area contributed by atoms with Crippen LogP contribution in [0.3, 0.4) is 0 Å². The third-order valence-electron chi connectivity index (χ3n) is 3.12. The van der Waals surface area contributed by atoms with Crippen molar-refractivity contribution in [2.24, 2.45) is 5.73 Å². The molecule has 0 spiro atoms. The second-order valence-corrected chi connectivity index (χ2v) is 5.06. The highest BCUT2D eigenvalue weighted by atomic mass is 16.2. The first-order valence-electron chi connectivity index (χ1n) is 7.00. The molecule has 0 bridgehead atoms. The number of hydrogen-bond donors (Lipinski definition) is 3. The van der Waals surface area contributed by atoms with Gasteiger partial charge in [0.25, 0.3) is 5.91 Å². The predicted molar refractivity (Wildman–Crippen MR) is 80.5 cm³/mol. The molecule has 2 amide bonds. The fourth-order valence-corrected chi connectivity index (χ4v) is 1.79. The summed E-state index contributed by atoms with van der Waals surface area (Å²) in [5.41, 5.74) is 6.52. The summed E-state index contributed by atoms with van der Waals surface area (Å²) >= 11 is 0. The van der Waals surface area contributed by atoms with Crippen molar-refractivity contribution >= 4 is 11.8 Å². The van der Waals surface area contributed by atoms with Gasteiger partial charge in [-0.2, -0.15) is 0 Å². The standard InChI is InChI=1S/C16H19N3O2/c1-11(15(20)19-14-7-8-14)18-16(21)13-6-2-4-12(10-13)5-3-9-17/h2,4,6,10-11,14H,7-9,17H2,1H3,(H,18,21)(H,19,20). The summed E-state index contributed by atoms with van der Waals surface area (Å²) in [6.45, 7) is 1.95. The van der Waals surface area contributed by atoms with Gasteiger partial charge in [0.2, 0.25) is 5.91 Å². The zero-order valence-corrected chi connectivity index (χ0v) is 12.0. The molecule has 1 unspecified atom stereocenters. The van der Waals surface area contributed by atoms with Gasteiger partial charge in [0.15, 0.2) is 0 Å². The lowest BCUT2D eigenvalue weighted by Gasteiger charge is -2.13. The van der Waals surface area contributed by atoms with Gasteiger partial charge in [0.1, 0.15) is 6.04 Å². The molecule has 1 aliphatic carbocycles. The summed E-state index contributed by atoms with van der Waals surface area (Å²) in [6, 6.07) is 6.66. The van der Waals surface area contributed by atoms with Gasteiger partial charge in [0.05, 0.1) is 6.54 Å². The highest BCUT2D eigenvalue weighted by molar-refractivity contribution is 5.97. The SMILES string of the molecule is CC(NC(=O)c1cccc(C#CCN)c1)C(=O)NC1CC1. The Bertz CT molecular complexity index is 597. The molecule has 4 N–H and O–H groups in total. The minimum Gasteiger partial charge on any atom is -0.352 e. The lowest BCUT2D eigenvalue weighted by atomic mass is 10.1. The Morgan fingerprint density at radius 2 is 2.19 bits per heavy atom. The van der Waals surface area contributed by atoms with E-state index in [2.05, 4.69) is 22.5 Å². The van der Waals surface area contributed by atoms with E-state index in [1.807, 2.05) is 6.07 Å². The number of hydrogen-bond acceptors (Lipinski definition) is 3. The van der Waals surface area contributed by atoms with Crippen molar-refractivity contribution < 1.29 is 9.59 Å². The van der Waals surface area contributed by atoms with Crippen LogP contribution in [0.15, 0.2) is 24.3 Å².